The fourth-order valence-electron chi connectivity index (χ4n) is 1.75. The van der Waals surface area contributed by atoms with Gasteiger partial charge in [0.1, 0.15) is 12.6 Å². The van der Waals surface area contributed by atoms with Crippen LogP contribution in [0.4, 0.5) is 4.79 Å². The fourth-order valence-corrected chi connectivity index (χ4v) is 2.93. The van der Waals surface area contributed by atoms with Crippen LogP contribution in [-0.4, -0.2) is 44.0 Å². The van der Waals surface area contributed by atoms with Crippen LogP contribution in [0, 0.1) is 5.41 Å². The molecule has 0 aliphatic carbocycles. The maximum atomic E-state index is 11.8. The van der Waals surface area contributed by atoms with Crippen molar-refractivity contribution in [2.45, 2.75) is 39.8 Å². The minimum atomic E-state index is -3.89. The molecule has 8 nitrogen and oxygen atoms in total. The van der Waals surface area contributed by atoms with E-state index >= 15 is 0 Å². The van der Waals surface area contributed by atoms with Crippen LogP contribution in [0.1, 0.15) is 32.8 Å². The number of carbonyl (C=O) groups excluding carboxylic acids is 1. The second kappa shape index (κ2) is 9.54. The molecule has 0 saturated heterocycles. The summed E-state index contributed by atoms with van der Waals surface area (Å²) in [6.45, 7) is 5.40. The van der Waals surface area contributed by atoms with Crippen molar-refractivity contribution in [3.8, 4) is 0 Å². The molecule has 1 aromatic rings. The van der Waals surface area contributed by atoms with Crippen molar-refractivity contribution in [3.63, 3.8) is 0 Å². The number of carboxylic acids is 1. The van der Waals surface area contributed by atoms with Crippen molar-refractivity contribution >= 4 is 22.2 Å². The number of nitrogens with one attached hydrogen (secondary N) is 1. The molecule has 1 atom stereocenters. The van der Waals surface area contributed by atoms with E-state index in [1.54, 1.807) is 24.3 Å². The van der Waals surface area contributed by atoms with Gasteiger partial charge in [0.15, 0.2) is 0 Å². The number of benzene rings is 1. The molecule has 0 saturated carbocycles. The maximum absolute atomic E-state index is 11.8. The molecule has 146 valence electrons. The van der Waals surface area contributed by atoms with Crippen molar-refractivity contribution in [2.75, 3.05) is 12.4 Å². The number of amides is 1. The van der Waals surface area contributed by atoms with Crippen molar-refractivity contribution in [1.29, 1.82) is 0 Å². The van der Waals surface area contributed by atoms with Crippen LogP contribution in [0.25, 0.3) is 0 Å². The Bertz CT molecular complexity index is 696. The Morgan fingerprint density at radius 2 is 1.81 bits per heavy atom. The van der Waals surface area contributed by atoms with Gasteiger partial charge in [-0.05, 0) is 17.4 Å². The number of carbonyl (C=O) groups is 2. The molecule has 0 fully saturated rings. The van der Waals surface area contributed by atoms with E-state index in [-0.39, 0.29) is 25.0 Å². The van der Waals surface area contributed by atoms with Gasteiger partial charge < -0.3 is 15.2 Å². The lowest BCUT2D eigenvalue weighted by molar-refractivity contribution is -0.139. The summed E-state index contributed by atoms with van der Waals surface area (Å²) in [7, 11) is -3.89. The first kappa shape index (κ1) is 21.9. The third kappa shape index (κ3) is 9.38. The molecule has 0 aliphatic heterocycles. The zero-order valence-electron chi connectivity index (χ0n) is 15.1. The van der Waals surface area contributed by atoms with E-state index in [1.807, 2.05) is 26.8 Å². The van der Waals surface area contributed by atoms with E-state index in [0.29, 0.717) is 0 Å². The van der Waals surface area contributed by atoms with Gasteiger partial charge in [0, 0.05) is 0 Å². The van der Waals surface area contributed by atoms with Crippen LogP contribution >= 0.6 is 0 Å². The third-order valence-corrected chi connectivity index (χ3v) is 4.34. The molecule has 0 aliphatic rings. The van der Waals surface area contributed by atoms with Gasteiger partial charge in [-0.15, -0.1) is 0 Å². The number of aliphatic carboxylic acids is 1. The minimum Gasteiger partial charge on any atom is -0.480 e. The van der Waals surface area contributed by atoms with Gasteiger partial charge >= 0.3 is 12.1 Å². The Hall–Kier alpha value is -2.13. The highest BCUT2D eigenvalue weighted by molar-refractivity contribution is 7.86. The molecule has 1 amide bonds. The molecule has 9 heteroatoms. The number of alkyl carbamates (subject to hydrolysis) is 1. The zero-order valence-corrected chi connectivity index (χ0v) is 15.9. The van der Waals surface area contributed by atoms with Gasteiger partial charge in [-0.3, -0.25) is 4.18 Å². The van der Waals surface area contributed by atoms with Gasteiger partial charge in [0.05, 0.1) is 12.4 Å². The smallest absolute Gasteiger partial charge is 0.408 e. The molecule has 1 rings (SSSR count). The predicted octanol–water partition coefficient (Wildman–Crippen LogP) is 2.15. The minimum absolute atomic E-state index is 0.0143. The highest BCUT2D eigenvalue weighted by atomic mass is 32.2. The van der Waals surface area contributed by atoms with Crippen LogP contribution < -0.4 is 5.32 Å². The molecule has 1 aromatic carbocycles. The molecular formula is C17H25NO7S. The number of hydrogen-bond acceptors (Lipinski definition) is 6. The Kier molecular flexibility index (Phi) is 8.04. The quantitative estimate of drug-likeness (QED) is 0.623. The van der Waals surface area contributed by atoms with Gasteiger partial charge in [-0.25, -0.2) is 9.59 Å². The first-order chi connectivity index (χ1) is 12.0. The van der Waals surface area contributed by atoms with Crippen LogP contribution in [0.2, 0.25) is 0 Å². The third-order valence-electron chi connectivity index (χ3n) is 3.13. The van der Waals surface area contributed by atoms with E-state index in [4.69, 9.17) is 14.0 Å². The van der Waals surface area contributed by atoms with Crippen molar-refractivity contribution in [1.82, 2.24) is 5.32 Å². The molecule has 0 aromatic heterocycles. The molecule has 2 N–H and O–H groups in total. The summed E-state index contributed by atoms with van der Waals surface area (Å²) in [6, 6.07) is 7.47. The Balaban J connectivity index is 2.50. The summed E-state index contributed by atoms with van der Waals surface area (Å²) in [5, 5.41) is 11.3. The molecule has 0 spiro atoms. The normalized spacial score (nSPS) is 13.0. The summed E-state index contributed by atoms with van der Waals surface area (Å²) in [5.74, 6) is -1.88. The van der Waals surface area contributed by atoms with Crippen molar-refractivity contribution in [2.24, 2.45) is 5.41 Å². The second-order valence-corrected chi connectivity index (χ2v) is 8.73. The largest absolute Gasteiger partial charge is 0.480 e. The second-order valence-electron chi connectivity index (χ2n) is 6.97. The SMILES string of the molecule is CC(C)(C)COS(=O)(=O)CC[C@H](NC(=O)OCc1ccccc1)C(=O)O. The van der Waals surface area contributed by atoms with Crippen molar-refractivity contribution in [3.05, 3.63) is 35.9 Å². The molecular weight excluding hydrogens is 362 g/mol. The van der Waals surface area contributed by atoms with E-state index in [1.165, 1.54) is 0 Å². The first-order valence-electron chi connectivity index (χ1n) is 8.06. The van der Waals surface area contributed by atoms with Gasteiger partial charge in [-0.1, -0.05) is 51.1 Å². The van der Waals surface area contributed by atoms with E-state index < -0.39 is 34.0 Å². The van der Waals surface area contributed by atoms with Gasteiger partial charge in [0.2, 0.25) is 0 Å². The highest BCUT2D eigenvalue weighted by Crippen LogP contribution is 2.15. The summed E-state index contributed by atoms with van der Waals surface area (Å²) in [4.78, 5) is 23.0. The molecule has 0 unspecified atom stereocenters. The first-order valence-corrected chi connectivity index (χ1v) is 9.63. The summed E-state index contributed by atoms with van der Waals surface area (Å²) in [6.07, 6.45) is -1.27. The van der Waals surface area contributed by atoms with Crippen molar-refractivity contribution < 1.29 is 32.0 Å². The Labute approximate surface area is 153 Å². The van der Waals surface area contributed by atoms with Crippen LogP contribution in [-0.2, 0) is 30.4 Å². The molecule has 0 radical (unpaired) electrons. The van der Waals surface area contributed by atoms with Gasteiger partial charge in [0.25, 0.3) is 10.1 Å². The zero-order chi connectivity index (χ0) is 19.8. The average Bonchev–Trinajstić information content (AvgIpc) is 2.55. The molecule has 26 heavy (non-hydrogen) atoms. The predicted molar refractivity (Wildman–Crippen MR) is 95.0 cm³/mol. The van der Waals surface area contributed by atoms with Gasteiger partial charge in [-0.2, -0.15) is 8.42 Å². The lowest BCUT2D eigenvalue weighted by Gasteiger charge is -2.18. The van der Waals surface area contributed by atoms with Crippen LogP contribution in [0.15, 0.2) is 30.3 Å². The lowest BCUT2D eigenvalue weighted by Crippen LogP contribution is -2.42. The highest BCUT2D eigenvalue weighted by Gasteiger charge is 2.25. The maximum Gasteiger partial charge on any atom is 0.408 e. The van der Waals surface area contributed by atoms with E-state index in [9.17, 15) is 18.0 Å². The number of hydrogen-bond donors (Lipinski definition) is 2. The summed E-state index contributed by atoms with van der Waals surface area (Å²) < 4.78 is 33.5. The Morgan fingerprint density at radius 3 is 2.35 bits per heavy atom. The number of ether oxygens (including phenoxy) is 1. The summed E-state index contributed by atoms with van der Waals surface area (Å²) in [5.41, 5.74) is 0.395. The standard InChI is InChI=1S/C17H25NO7S/c1-17(2,3)12-25-26(22,23)10-9-14(15(19)20)18-16(21)24-11-13-7-5-4-6-8-13/h4-8,14H,9-12H2,1-3H3,(H,18,21)(H,19,20)/t14-/m0/s1. The van der Waals surface area contributed by atoms with Crippen LogP contribution in [0.5, 0.6) is 0 Å². The molecule has 0 bridgehead atoms. The fraction of sp³-hybridized carbons (Fsp3) is 0.529. The van der Waals surface area contributed by atoms with Crippen LogP contribution in [0.3, 0.4) is 0 Å². The van der Waals surface area contributed by atoms with E-state index in [0.717, 1.165) is 5.56 Å². The number of rotatable bonds is 9. The Morgan fingerprint density at radius 1 is 1.19 bits per heavy atom. The topological polar surface area (TPSA) is 119 Å². The number of carboxylic acid groups (broad SMARTS) is 1. The monoisotopic (exact) mass is 387 g/mol. The lowest BCUT2D eigenvalue weighted by atomic mass is 9.99. The summed E-state index contributed by atoms with van der Waals surface area (Å²) >= 11 is 0. The average molecular weight is 387 g/mol. The molecule has 0 heterocycles. The van der Waals surface area contributed by atoms with E-state index in [2.05, 4.69) is 5.32 Å².